The van der Waals surface area contributed by atoms with Gasteiger partial charge in [0.05, 0.1) is 24.3 Å². The molecule has 1 saturated carbocycles. The number of nitrogens with one attached hydrogen (secondary N) is 1. The van der Waals surface area contributed by atoms with Crippen molar-refractivity contribution in [2.45, 2.75) is 44.6 Å². The number of benzene rings is 1. The van der Waals surface area contributed by atoms with Gasteiger partial charge < -0.3 is 15.8 Å². The Morgan fingerprint density at radius 2 is 2.04 bits per heavy atom. The molecule has 0 radical (unpaired) electrons. The van der Waals surface area contributed by atoms with E-state index in [1.807, 2.05) is 36.6 Å². The molecule has 0 aliphatic heterocycles. The van der Waals surface area contributed by atoms with Gasteiger partial charge in [0, 0.05) is 17.5 Å². The maximum atomic E-state index is 12.4. The molecule has 134 valence electrons. The zero-order valence-electron chi connectivity index (χ0n) is 14.6. The van der Waals surface area contributed by atoms with Crippen molar-refractivity contribution in [2.75, 3.05) is 13.2 Å². The third-order valence-corrected chi connectivity index (χ3v) is 5.60. The summed E-state index contributed by atoms with van der Waals surface area (Å²) in [6.07, 6.45) is 4.52. The van der Waals surface area contributed by atoms with Crippen LogP contribution in [0.4, 0.5) is 0 Å². The van der Waals surface area contributed by atoms with Crippen LogP contribution in [0.5, 0.6) is 5.75 Å². The van der Waals surface area contributed by atoms with E-state index >= 15 is 0 Å². The van der Waals surface area contributed by atoms with Gasteiger partial charge in [-0.05, 0) is 44.0 Å². The minimum atomic E-state index is -0.203. The third kappa shape index (κ3) is 4.38. The van der Waals surface area contributed by atoms with Crippen molar-refractivity contribution in [1.82, 2.24) is 10.3 Å². The molecule has 1 aliphatic carbocycles. The highest BCUT2D eigenvalue weighted by Crippen LogP contribution is 2.29. The van der Waals surface area contributed by atoms with E-state index in [9.17, 15) is 4.79 Å². The number of rotatable bonds is 7. The Bertz CT molecular complexity index is 706. The predicted octanol–water partition coefficient (Wildman–Crippen LogP) is 3.14. The molecule has 5 nitrogen and oxygen atoms in total. The summed E-state index contributed by atoms with van der Waals surface area (Å²) in [6, 6.07) is 7.88. The third-order valence-electron chi connectivity index (χ3n) is 4.66. The van der Waals surface area contributed by atoms with E-state index in [0.717, 1.165) is 47.7 Å². The molecule has 1 aromatic carbocycles. The van der Waals surface area contributed by atoms with Crippen molar-refractivity contribution in [3.8, 4) is 16.3 Å². The first-order valence-electron chi connectivity index (χ1n) is 8.83. The number of thiazole rings is 1. The molecule has 0 spiro atoms. The fraction of sp³-hybridized carbons (Fsp3) is 0.474. The lowest BCUT2D eigenvalue weighted by Crippen LogP contribution is -2.52. The number of ether oxygens (including phenoxy) is 1. The summed E-state index contributed by atoms with van der Waals surface area (Å²) < 4.78 is 5.46. The topological polar surface area (TPSA) is 77.2 Å². The van der Waals surface area contributed by atoms with Gasteiger partial charge in [0.2, 0.25) is 5.91 Å². The van der Waals surface area contributed by atoms with Crippen LogP contribution in [0.1, 0.15) is 38.3 Å². The van der Waals surface area contributed by atoms with Gasteiger partial charge in [0.15, 0.2) is 0 Å². The Hall–Kier alpha value is -1.92. The van der Waals surface area contributed by atoms with Crippen molar-refractivity contribution in [1.29, 1.82) is 0 Å². The highest BCUT2D eigenvalue weighted by Gasteiger charge is 2.33. The normalized spacial score (nSPS) is 15.9. The fourth-order valence-electron chi connectivity index (χ4n) is 3.32. The van der Waals surface area contributed by atoms with Gasteiger partial charge >= 0.3 is 0 Å². The molecule has 0 bridgehead atoms. The monoisotopic (exact) mass is 359 g/mol. The van der Waals surface area contributed by atoms with Gasteiger partial charge in [-0.1, -0.05) is 12.8 Å². The van der Waals surface area contributed by atoms with E-state index in [1.165, 1.54) is 0 Å². The van der Waals surface area contributed by atoms with Crippen LogP contribution in [0.3, 0.4) is 0 Å². The minimum Gasteiger partial charge on any atom is -0.494 e. The Balaban J connectivity index is 1.62. The van der Waals surface area contributed by atoms with Crippen LogP contribution in [-0.2, 0) is 11.2 Å². The first-order valence-corrected chi connectivity index (χ1v) is 9.71. The van der Waals surface area contributed by atoms with E-state index < -0.39 is 0 Å². The molecular weight excluding hydrogens is 334 g/mol. The average molecular weight is 359 g/mol. The molecule has 0 unspecified atom stereocenters. The highest BCUT2D eigenvalue weighted by atomic mass is 32.1. The minimum absolute atomic E-state index is 0.0101. The molecule has 0 atom stereocenters. The van der Waals surface area contributed by atoms with Crippen molar-refractivity contribution >= 4 is 17.2 Å². The van der Waals surface area contributed by atoms with Gasteiger partial charge in [0.1, 0.15) is 10.8 Å². The summed E-state index contributed by atoms with van der Waals surface area (Å²) in [5.41, 5.74) is 7.52. The summed E-state index contributed by atoms with van der Waals surface area (Å²) in [7, 11) is 0. The van der Waals surface area contributed by atoms with Gasteiger partial charge in [-0.15, -0.1) is 11.3 Å². The van der Waals surface area contributed by atoms with Crippen LogP contribution in [0.15, 0.2) is 29.6 Å². The summed E-state index contributed by atoms with van der Waals surface area (Å²) in [6.45, 7) is 3.12. The Morgan fingerprint density at radius 3 is 2.68 bits per heavy atom. The van der Waals surface area contributed by atoms with Crippen LogP contribution in [0.2, 0.25) is 0 Å². The van der Waals surface area contributed by atoms with Crippen molar-refractivity contribution in [3.63, 3.8) is 0 Å². The molecule has 0 saturated heterocycles. The molecule has 3 N–H and O–H groups in total. The summed E-state index contributed by atoms with van der Waals surface area (Å²) in [5.74, 6) is 0.863. The SMILES string of the molecule is CCOc1ccc(-c2nc(CC(=O)NC3(CN)CCCC3)cs2)cc1. The molecule has 1 aromatic heterocycles. The van der Waals surface area contributed by atoms with Crippen LogP contribution in [0, 0.1) is 0 Å². The first-order chi connectivity index (χ1) is 12.1. The van der Waals surface area contributed by atoms with Crippen molar-refractivity contribution in [3.05, 3.63) is 35.3 Å². The first kappa shape index (κ1) is 17.9. The number of hydrogen-bond acceptors (Lipinski definition) is 5. The molecule has 1 heterocycles. The highest BCUT2D eigenvalue weighted by molar-refractivity contribution is 7.13. The Labute approximate surface area is 152 Å². The average Bonchev–Trinajstić information content (AvgIpc) is 3.26. The maximum absolute atomic E-state index is 12.4. The van der Waals surface area contributed by atoms with Gasteiger partial charge in [-0.25, -0.2) is 4.98 Å². The van der Waals surface area contributed by atoms with Crippen LogP contribution >= 0.6 is 11.3 Å². The van der Waals surface area contributed by atoms with Crippen LogP contribution < -0.4 is 15.8 Å². The number of amides is 1. The number of carbonyl (C=O) groups excluding carboxylic acids is 1. The lowest BCUT2D eigenvalue weighted by Gasteiger charge is -2.28. The maximum Gasteiger partial charge on any atom is 0.226 e. The Kier molecular flexibility index (Phi) is 5.71. The fourth-order valence-corrected chi connectivity index (χ4v) is 4.14. The van der Waals surface area contributed by atoms with E-state index in [1.54, 1.807) is 11.3 Å². The molecule has 1 fully saturated rings. The lowest BCUT2D eigenvalue weighted by molar-refractivity contribution is -0.122. The quantitative estimate of drug-likeness (QED) is 0.796. The number of carbonyl (C=O) groups is 1. The zero-order chi connectivity index (χ0) is 17.7. The lowest BCUT2D eigenvalue weighted by atomic mass is 9.97. The second kappa shape index (κ2) is 7.97. The van der Waals surface area contributed by atoms with E-state index in [4.69, 9.17) is 10.5 Å². The molecule has 1 aliphatic rings. The number of nitrogens with zero attached hydrogens (tertiary/aromatic N) is 1. The summed E-state index contributed by atoms with van der Waals surface area (Å²) in [4.78, 5) is 17.0. The molecule has 6 heteroatoms. The molecule has 1 amide bonds. The molecule has 2 aromatic rings. The van der Waals surface area contributed by atoms with E-state index in [2.05, 4.69) is 10.3 Å². The largest absolute Gasteiger partial charge is 0.494 e. The van der Waals surface area contributed by atoms with Crippen LogP contribution in [-0.4, -0.2) is 29.6 Å². The molecular formula is C19H25N3O2S. The zero-order valence-corrected chi connectivity index (χ0v) is 15.4. The van der Waals surface area contributed by atoms with Gasteiger partial charge in [-0.3, -0.25) is 4.79 Å². The van der Waals surface area contributed by atoms with Crippen molar-refractivity contribution < 1.29 is 9.53 Å². The van der Waals surface area contributed by atoms with Crippen LogP contribution in [0.25, 0.3) is 10.6 Å². The second-order valence-electron chi connectivity index (χ2n) is 6.52. The number of aromatic nitrogens is 1. The molecule has 3 rings (SSSR count). The van der Waals surface area contributed by atoms with E-state index in [0.29, 0.717) is 19.6 Å². The predicted molar refractivity (Wildman–Crippen MR) is 101 cm³/mol. The molecule has 25 heavy (non-hydrogen) atoms. The van der Waals surface area contributed by atoms with E-state index in [-0.39, 0.29) is 11.4 Å². The number of hydrogen-bond donors (Lipinski definition) is 2. The van der Waals surface area contributed by atoms with Crippen molar-refractivity contribution in [2.24, 2.45) is 5.73 Å². The number of nitrogens with two attached hydrogens (primary N) is 1. The smallest absolute Gasteiger partial charge is 0.226 e. The Morgan fingerprint density at radius 1 is 1.32 bits per heavy atom. The summed E-state index contributed by atoms with van der Waals surface area (Å²) in [5, 5.41) is 6.02. The standard InChI is InChI=1S/C19H25N3O2S/c1-2-24-16-7-5-14(6-8-16)18-21-15(12-25-18)11-17(23)22-19(13-20)9-3-4-10-19/h5-8,12H,2-4,9-11,13,20H2,1H3,(H,22,23). The second-order valence-corrected chi connectivity index (χ2v) is 7.38. The van der Waals surface area contributed by atoms with Gasteiger partial charge in [0.25, 0.3) is 0 Å². The summed E-state index contributed by atoms with van der Waals surface area (Å²) >= 11 is 1.55. The van der Waals surface area contributed by atoms with Gasteiger partial charge in [-0.2, -0.15) is 0 Å².